The monoisotopic (exact) mass is 159 g/mol. The molecule has 1 heterocycles. The van der Waals surface area contributed by atoms with Crippen molar-refractivity contribution in [1.82, 2.24) is 4.90 Å². The molecule has 0 amide bonds. The molecule has 0 aromatic carbocycles. The van der Waals surface area contributed by atoms with E-state index >= 15 is 0 Å². The van der Waals surface area contributed by atoms with Gasteiger partial charge in [0, 0.05) is 12.6 Å². The van der Waals surface area contributed by atoms with Crippen LogP contribution in [0.2, 0.25) is 0 Å². The molecule has 0 aromatic rings. The van der Waals surface area contributed by atoms with Crippen LogP contribution < -0.4 is 0 Å². The number of nitrogens with zero attached hydrogens (tertiary/aromatic N) is 1. The van der Waals surface area contributed by atoms with Gasteiger partial charge in [0.1, 0.15) is 0 Å². The highest BCUT2D eigenvalue weighted by molar-refractivity contribution is 4.76. The third kappa shape index (κ3) is 2.43. The van der Waals surface area contributed by atoms with Crippen molar-refractivity contribution >= 4 is 0 Å². The second kappa shape index (κ2) is 4.04. The Bertz CT molecular complexity index is 119. The first-order chi connectivity index (χ1) is 5.24. The van der Waals surface area contributed by atoms with Crippen molar-refractivity contribution in [3.05, 3.63) is 0 Å². The van der Waals surface area contributed by atoms with Crippen LogP contribution in [-0.4, -0.2) is 47.0 Å². The number of rotatable bonds is 3. The zero-order valence-electron chi connectivity index (χ0n) is 7.03. The molecule has 2 N–H and O–H groups in total. The molecule has 1 unspecified atom stereocenters. The quantitative estimate of drug-likeness (QED) is 0.600. The van der Waals surface area contributed by atoms with E-state index in [4.69, 9.17) is 10.2 Å². The lowest BCUT2D eigenvalue weighted by atomic mass is 10.2. The van der Waals surface area contributed by atoms with Gasteiger partial charge in [-0.1, -0.05) is 0 Å². The van der Waals surface area contributed by atoms with Gasteiger partial charge in [-0.2, -0.15) is 0 Å². The number of aliphatic hydroxyl groups excluding tert-OH is 2. The lowest BCUT2D eigenvalue weighted by molar-refractivity contribution is 0.0573. The lowest BCUT2D eigenvalue weighted by Gasteiger charge is -2.22. The second-order valence-corrected chi connectivity index (χ2v) is 3.32. The molecule has 0 spiro atoms. The minimum atomic E-state index is -0.560. The highest BCUT2D eigenvalue weighted by Crippen LogP contribution is 2.15. The maximum absolute atomic E-state index is 9.14. The summed E-state index contributed by atoms with van der Waals surface area (Å²) in [6.45, 7) is 3.73. The van der Waals surface area contributed by atoms with E-state index in [1.807, 2.05) is 0 Å². The van der Waals surface area contributed by atoms with Gasteiger partial charge < -0.3 is 10.2 Å². The molecule has 11 heavy (non-hydrogen) atoms. The zero-order chi connectivity index (χ0) is 8.27. The van der Waals surface area contributed by atoms with E-state index < -0.39 is 6.10 Å². The molecule has 1 fully saturated rings. The Morgan fingerprint density at radius 2 is 2.36 bits per heavy atom. The summed E-state index contributed by atoms with van der Waals surface area (Å²) in [6, 6.07) is 0.580. The maximum Gasteiger partial charge on any atom is 0.0897 e. The van der Waals surface area contributed by atoms with Crippen molar-refractivity contribution in [1.29, 1.82) is 0 Å². The lowest BCUT2D eigenvalue weighted by Crippen LogP contribution is -2.36. The summed E-state index contributed by atoms with van der Waals surface area (Å²) in [5, 5.41) is 17.7. The highest BCUT2D eigenvalue weighted by atomic mass is 16.3. The molecule has 0 bridgehead atoms. The van der Waals surface area contributed by atoms with Crippen molar-refractivity contribution in [3.63, 3.8) is 0 Å². The van der Waals surface area contributed by atoms with Crippen LogP contribution in [0.1, 0.15) is 19.8 Å². The van der Waals surface area contributed by atoms with Gasteiger partial charge in [-0.3, -0.25) is 4.90 Å². The van der Waals surface area contributed by atoms with Crippen molar-refractivity contribution in [3.8, 4) is 0 Å². The Kier molecular flexibility index (Phi) is 3.30. The first-order valence-corrected chi connectivity index (χ1v) is 4.27. The fourth-order valence-electron chi connectivity index (χ4n) is 1.59. The third-order valence-corrected chi connectivity index (χ3v) is 2.35. The minimum Gasteiger partial charge on any atom is -0.394 e. The van der Waals surface area contributed by atoms with Crippen molar-refractivity contribution < 1.29 is 10.2 Å². The number of β-amino-alcohol motifs (C(OH)–C–C–N with tert-alkyl or cyclic N) is 1. The first kappa shape index (κ1) is 8.97. The maximum atomic E-state index is 9.14. The molecular weight excluding hydrogens is 142 g/mol. The molecule has 0 saturated carbocycles. The normalized spacial score (nSPS) is 29.2. The standard InChI is InChI=1S/C8H17NO2/c1-7-3-2-4-9(7)5-8(11)6-10/h7-8,10-11H,2-6H2,1H3/t7-,8?/m0/s1. The van der Waals surface area contributed by atoms with E-state index in [9.17, 15) is 0 Å². The molecule has 66 valence electrons. The molecule has 1 aliphatic rings. The van der Waals surface area contributed by atoms with E-state index in [2.05, 4.69) is 11.8 Å². The van der Waals surface area contributed by atoms with Gasteiger partial charge in [0.2, 0.25) is 0 Å². The zero-order valence-corrected chi connectivity index (χ0v) is 7.03. The van der Waals surface area contributed by atoms with E-state index in [-0.39, 0.29) is 6.61 Å². The Balaban J connectivity index is 2.24. The van der Waals surface area contributed by atoms with E-state index in [1.165, 1.54) is 12.8 Å². The van der Waals surface area contributed by atoms with Crippen LogP contribution in [0.5, 0.6) is 0 Å². The number of hydrogen-bond donors (Lipinski definition) is 2. The summed E-state index contributed by atoms with van der Waals surface area (Å²) >= 11 is 0. The topological polar surface area (TPSA) is 43.7 Å². The number of likely N-dealkylation sites (tertiary alicyclic amines) is 1. The predicted octanol–water partition coefficient (Wildman–Crippen LogP) is -0.176. The number of aliphatic hydroxyl groups is 2. The Labute approximate surface area is 67.6 Å². The van der Waals surface area contributed by atoms with E-state index in [1.54, 1.807) is 0 Å². The van der Waals surface area contributed by atoms with Crippen LogP contribution in [0.25, 0.3) is 0 Å². The van der Waals surface area contributed by atoms with Crippen LogP contribution in [0.15, 0.2) is 0 Å². The second-order valence-electron chi connectivity index (χ2n) is 3.32. The molecule has 0 radical (unpaired) electrons. The SMILES string of the molecule is C[C@H]1CCCN1CC(O)CO. The van der Waals surface area contributed by atoms with E-state index in [0.717, 1.165) is 6.54 Å². The van der Waals surface area contributed by atoms with E-state index in [0.29, 0.717) is 12.6 Å². The third-order valence-electron chi connectivity index (χ3n) is 2.35. The van der Waals surface area contributed by atoms with Gasteiger partial charge in [-0.15, -0.1) is 0 Å². The molecule has 3 heteroatoms. The van der Waals surface area contributed by atoms with Gasteiger partial charge in [0.05, 0.1) is 12.7 Å². The fraction of sp³-hybridized carbons (Fsp3) is 1.00. The van der Waals surface area contributed by atoms with Crippen molar-refractivity contribution in [2.24, 2.45) is 0 Å². The van der Waals surface area contributed by atoms with Crippen LogP contribution in [0, 0.1) is 0 Å². The molecule has 3 nitrogen and oxygen atoms in total. The Hall–Kier alpha value is -0.120. The first-order valence-electron chi connectivity index (χ1n) is 4.27. The Morgan fingerprint density at radius 3 is 2.82 bits per heavy atom. The highest BCUT2D eigenvalue weighted by Gasteiger charge is 2.21. The molecule has 2 atom stereocenters. The summed E-state index contributed by atoms with van der Waals surface area (Å²) in [7, 11) is 0. The van der Waals surface area contributed by atoms with Crippen LogP contribution in [-0.2, 0) is 0 Å². The van der Waals surface area contributed by atoms with Gasteiger partial charge in [0.15, 0.2) is 0 Å². The fourth-order valence-corrected chi connectivity index (χ4v) is 1.59. The minimum absolute atomic E-state index is 0.122. The largest absolute Gasteiger partial charge is 0.394 e. The summed E-state index contributed by atoms with van der Waals surface area (Å²) in [5.74, 6) is 0. The molecule has 0 aliphatic carbocycles. The van der Waals surface area contributed by atoms with Crippen LogP contribution in [0.3, 0.4) is 0 Å². The molecule has 0 aromatic heterocycles. The van der Waals surface area contributed by atoms with Gasteiger partial charge in [-0.25, -0.2) is 0 Å². The molecule has 1 rings (SSSR count). The van der Waals surface area contributed by atoms with Crippen LogP contribution >= 0.6 is 0 Å². The average molecular weight is 159 g/mol. The van der Waals surface area contributed by atoms with Crippen molar-refractivity contribution in [2.75, 3.05) is 19.7 Å². The van der Waals surface area contributed by atoms with Gasteiger partial charge in [-0.05, 0) is 26.3 Å². The summed E-state index contributed by atoms with van der Waals surface area (Å²) in [5.41, 5.74) is 0. The molecule has 1 aliphatic heterocycles. The smallest absolute Gasteiger partial charge is 0.0897 e. The summed E-state index contributed by atoms with van der Waals surface area (Å²) in [6.07, 6.45) is 1.88. The average Bonchev–Trinajstić information content (AvgIpc) is 2.37. The number of hydrogen-bond acceptors (Lipinski definition) is 3. The van der Waals surface area contributed by atoms with Crippen LogP contribution in [0.4, 0.5) is 0 Å². The molecule has 1 saturated heterocycles. The molecular formula is C8H17NO2. The van der Waals surface area contributed by atoms with Crippen molar-refractivity contribution in [2.45, 2.75) is 31.9 Å². The Morgan fingerprint density at radius 1 is 1.64 bits per heavy atom. The van der Waals surface area contributed by atoms with Gasteiger partial charge in [0.25, 0.3) is 0 Å². The predicted molar refractivity (Wildman–Crippen MR) is 43.4 cm³/mol. The summed E-state index contributed by atoms with van der Waals surface area (Å²) in [4.78, 5) is 2.22. The summed E-state index contributed by atoms with van der Waals surface area (Å²) < 4.78 is 0. The van der Waals surface area contributed by atoms with Gasteiger partial charge >= 0.3 is 0 Å².